The van der Waals surface area contributed by atoms with E-state index in [1.807, 2.05) is 32.0 Å². The Morgan fingerprint density at radius 2 is 2.00 bits per heavy atom. The predicted octanol–water partition coefficient (Wildman–Crippen LogP) is 2.31. The van der Waals surface area contributed by atoms with E-state index in [-0.39, 0.29) is 5.97 Å². The second-order valence-corrected chi connectivity index (χ2v) is 4.48. The van der Waals surface area contributed by atoms with Gasteiger partial charge in [-0.15, -0.1) is 0 Å². The molecule has 1 rings (SSSR count). The lowest BCUT2D eigenvalue weighted by Gasteiger charge is -2.20. The summed E-state index contributed by atoms with van der Waals surface area (Å²) >= 11 is 0. The lowest BCUT2D eigenvalue weighted by Crippen LogP contribution is -2.29. The predicted molar refractivity (Wildman–Crippen MR) is 81.7 cm³/mol. The van der Waals surface area contributed by atoms with Crippen LogP contribution in [0.5, 0.6) is 11.5 Å². The highest BCUT2D eigenvalue weighted by molar-refractivity contribution is 5.75. The van der Waals surface area contributed by atoms with Crippen LogP contribution in [0, 0.1) is 0 Å². The number of carbonyl (C=O) groups is 1. The normalized spacial score (nSPS) is 11.8. The maximum atomic E-state index is 11.9. The Bertz CT molecular complexity index is 424. The molecule has 0 saturated carbocycles. The first-order chi connectivity index (χ1) is 10.2. The summed E-state index contributed by atoms with van der Waals surface area (Å²) < 4.78 is 16.5. The second-order valence-electron chi connectivity index (χ2n) is 4.48. The van der Waals surface area contributed by atoms with Gasteiger partial charge in [-0.3, -0.25) is 0 Å². The molecular formula is C16H25NO4. The van der Waals surface area contributed by atoms with Gasteiger partial charge in [0.15, 0.2) is 17.6 Å². The molecule has 5 nitrogen and oxygen atoms in total. The lowest BCUT2D eigenvalue weighted by atomic mass is 10.1. The number of para-hydroxylation sites is 1. The quantitative estimate of drug-likeness (QED) is 0.708. The molecule has 0 aliphatic carbocycles. The Morgan fingerprint density at radius 3 is 2.57 bits per heavy atom. The highest BCUT2D eigenvalue weighted by Crippen LogP contribution is 2.33. The third kappa shape index (κ3) is 4.93. The molecule has 2 N–H and O–H groups in total. The molecular weight excluding hydrogens is 270 g/mol. The van der Waals surface area contributed by atoms with Gasteiger partial charge in [-0.25, -0.2) is 4.79 Å². The van der Waals surface area contributed by atoms with Crippen LogP contribution in [0.15, 0.2) is 18.2 Å². The first kappa shape index (κ1) is 17.3. The molecule has 118 valence electrons. The summed E-state index contributed by atoms with van der Waals surface area (Å²) in [5, 5.41) is 0. The van der Waals surface area contributed by atoms with Crippen LogP contribution in [0.2, 0.25) is 0 Å². The minimum absolute atomic E-state index is 0.335. The van der Waals surface area contributed by atoms with Crippen molar-refractivity contribution >= 4 is 5.97 Å². The van der Waals surface area contributed by atoms with Gasteiger partial charge in [-0.1, -0.05) is 19.1 Å². The molecule has 1 aromatic rings. The molecule has 1 atom stereocenters. The summed E-state index contributed by atoms with van der Waals surface area (Å²) in [5.74, 6) is 0.862. The number of benzene rings is 1. The molecule has 0 heterocycles. The van der Waals surface area contributed by atoms with Crippen molar-refractivity contribution in [2.24, 2.45) is 5.73 Å². The molecule has 0 aliphatic heterocycles. The summed E-state index contributed by atoms with van der Waals surface area (Å²) in [6, 6.07) is 5.66. The van der Waals surface area contributed by atoms with Gasteiger partial charge < -0.3 is 19.9 Å². The Kier molecular flexibility index (Phi) is 7.61. The number of rotatable bonds is 9. The van der Waals surface area contributed by atoms with Gasteiger partial charge in [0.2, 0.25) is 0 Å². The first-order valence-corrected chi connectivity index (χ1v) is 7.45. The Balaban J connectivity index is 3.04. The summed E-state index contributed by atoms with van der Waals surface area (Å²) in [6.07, 6.45) is 0.555. The molecule has 0 aliphatic rings. The van der Waals surface area contributed by atoms with Crippen molar-refractivity contribution < 1.29 is 19.0 Å². The third-order valence-corrected chi connectivity index (χ3v) is 2.95. The number of hydrogen-bond donors (Lipinski definition) is 1. The smallest absolute Gasteiger partial charge is 0.347 e. The fraction of sp³-hybridized carbons (Fsp3) is 0.562. The molecule has 21 heavy (non-hydrogen) atoms. The summed E-state index contributed by atoms with van der Waals surface area (Å²) in [4.78, 5) is 11.9. The van der Waals surface area contributed by atoms with E-state index in [2.05, 4.69) is 0 Å². The van der Waals surface area contributed by atoms with Gasteiger partial charge in [0.05, 0.1) is 13.2 Å². The monoisotopic (exact) mass is 295 g/mol. The van der Waals surface area contributed by atoms with Gasteiger partial charge >= 0.3 is 5.97 Å². The number of esters is 1. The molecule has 0 radical (unpaired) electrons. The highest BCUT2D eigenvalue weighted by Gasteiger charge is 2.23. The third-order valence-electron chi connectivity index (χ3n) is 2.95. The average molecular weight is 295 g/mol. The maximum absolute atomic E-state index is 11.9. The van der Waals surface area contributed by atoms with E-state index in [4.69, 9.17) is 19.9 Å². The fourth-order valence-electron chi connectivity index (χ4n) is 1.99. The van der Waals surface area contributed by atoms with Crippen LogP contribution in [0.4, 0.5) is 0 Å². The van der Waals surface area contributed by atoms with Crippen molar-refractivity contribution in [2.75, 3.05) is 19.8 Å². The Hall–Kier alpha value is -1.75. The second kappa shape index (κ2) is 9.23. The van der Waals surface area contributed by atoms with Crippen LogP contribution in [-0.4, -0.2) is 31.8 Å². The zero-order valence-corrected chi connectivity index (χ0v) is 13.1. The van der Waals surface area contributed by atoms with Gasteiger partial charge in [0, 0.05) is 0 Å². The van der Waals surface area contributed by atoms with E-state index >= 15 is 0 Å². The standard InChI is InChI=1S/C16H25NO4/c1-4-13(16(18)20-6-3)21-15-12(10-11-17)8-7-9-14(15)19-5-2/h7-9,13H,4-6,10-11,17H2,1-3H3. The van der Waals surface area contributed by atoms with Crippen molar-refractivity contribution in [3.63, 3.8) is 0 Å². The molecule has 0 fully saturated rings. The van der Waals surface area contributed by atoms with Gasteiger partial charge in [0.1, 0.15) is 0 Å². The molecule has 0 bridgehead atoms. The van der Waals surface area contributed by atoms with Crippen molar-refractivity contribution in [3.05, 3.63) is 23.8 Å². The lowest BCUT2D eigenvalue weighted by molar-refractivity contribution is -0.151. The van der Waals surface area contributed by atoms with E-state index in [1.165, 1.54) is 0 Å². The number of ether oxygens (including phenoxy) is 3. The van der Waals surface area contributed by atoms with Crippen LogP contribution in [0.3, 0.4) is 0 Å². The zero-order valence-electron chi connectivity index (χ0n) is 13.1. The van der Waals surface area contributed by atoms with Crippen molar-refractivity contribution in [1.82, 2.24) is 0 Å². The van der Waals surface area contributed by atoms with Crippen molar-refractivity contribution in [2.45, 2.75) is 39.7 Å². The molecule has 0 aromatic heterocycles. The maximum Gasteiger partial charge on any atom is 0.347 e. The Labute approximate surface area is 126 Å². The largest absolute Gasteiger partial charge is 0.490 e. The molecule has 5 heteroatoms. The zero-order chi connectivity index (χ0) is 15.7. The molecule has 1 aromatic carbocycles. The van der Waals surface area contributed by atoms with E-state index < -0.39 is 6.10 Å². The molecule has 0 saturated heterocycles. The summed E-state index contributed by atoms with van der Waals surface area (Å²) in [6.45, 7) is 6.93. The van der Waals surface area contributed by atoms with Crippen molar-refractivity contribution in [1.29, 1.82) is 0 Å². The van der Waals surface area contributed by atoms with Crippen LogP contribution in [-0.2, 0) is 16.0 Å². The van der Waals surface area contributed by atoms with Gasteiger partial charge in [-0.05, 0) is 44.9 Å². The average Bonchev–Trinajstić information content (AvgIpc) is 2.47. The van der Waals surface area contributed by atoms with Crippen LogP contribution in [0.1, 0.15) is 32.8 Å². The van der Waals surface area contributed by atoms with E-state index in [9.17, 15) is 4.79 Å². The van der Waals surface area contributed by atoms with E-state index in [0.29, 0.717) is 44.1 Å². The topological polar surface area (TPSA) is 70.8 Å². The number of hydrogen-bond acceptors (Lipinski definition) is 5. The van der Waals surface area contributed by atoms with Gasteiger partial charge in [0.25, 0.3) is 0 Å². The summed E-state index contributed by atoms with van der Waals surface area (Å²) in [7, 11) is 0. The molecule has 0 spiro atoms. The number of carbonyl (C=O) groups excluding carboxylic acids is 1. The van der Waals surface area contributed by atoms with Crippen LogP contribution >= 0.6 is 0 Å². The van der Waals surface area contributed by atoms with E-state index in [0.717, 1.165) is 5.56 Å². The summed E-state index contributed by atoms with van der Waals surface area (Å²) in [5.41, 5.74) is 6.57. The highest BCUT2D eigenvalue weighted by atomic mass is 16.6. The molecule has 1 unspecified atom stereocenters. The minimum atomic E-state index is -0.636. The molecule has 0 amide bonds. The number of nitrogens with two attached hydrogens (primary N) is 1. The van der Waals surface area contributed by atoms with Crippen LogP contribution < -0.4 is 15.2 Å². The van der Waals surface area contributed by atoms with E-state index in [1.54, 1.807) is 6.92 Å². The van der Waals surface area contributed by atoms with Crippen molar-refractivity contribution in [3.8, 4) is 11.5 Å². The first-order valence-electron chi connectivity index (χ1n) is 7.45. The van der Waals surface area contributed by atoms with Gasteiger partial charge in [-0.2, -0.15) is 0 Å². The minimum Gasteiger partial charge on any atom is -0.490 e. The Morgan fingerprint density at radius 1 is 1.24 bits per heavy atom. The van der Waals surface area contributed by atoms with Crippen LogP contribution in [0.25, 0.3) is 0 Å². The fourth-order valence-corrected chi connectivity index (χ4v) is 1.99. The SMILES string of the molecule is CCOC(=O)C(CC)Oc1c(CCN)cccc1OCC.